The van der Waals surface area contributed by atoms with Crippen molar-refractivity contribution in [1.82, 2.24) is 0 Å². The Morgan fingerprint density at radius 1 is 1.12 bits per heavy atom. The molecule has 1 fully saturated rings. The number of methoxy groups -OCH3 is 1. The number of hydrogen-bond acceptors (Lipinski definition) is 4. The summed E-state index contributed by atoms with van der Waals surface area (Å²) in [6, 6.07) is 0. The molecule has 1 saturated carbocycles. The quantitative estimate of drug-likeness (QED) is 0.618. The number of phenols is 2. The molecule has 1 atom stereocenters. The number of benzene rings is 1. The standard InChI is InChI=1S/C21H28O4/c1-11(2)13-16(23)14-12(10-22)19-20(3,4)8-7-9-21(19,5)15(14)17(24)18(13)25-6/h10-11,23-24H,7-9H2,1-6H3. The van der Waals surface area contributed by atoms with Crippen LogP contribution in [0.25, 0.3) is 5.57 Å². The van der Waals surface area contributed by atoms with E-state index in [0.717, 1.165) is 31.1 Å². The van der Waals surface area contributed by atoms with Crippen LogP contribution in [0.5, 0.6) is 17.2 Å². The van der Waals surface area contributed by atoms with Gasteiger partial charge in [-0.1, -0.05) is 41.0 Å². The van der Waals surface area contributed by atoms with E-state index in [4.69, 9.17) is 4.74 Å². The van der Waals surface area contributed by atoms with E-state index in [1.54, 1.807) is 0 Å². The van der Waals surface area contributed by atoms with Crippen LogP contribution < -0.4 is 4.74 Å². The van der Waals surface area contributed by atoms with E-state index in [9.17, 15) is 15.0 Å². The zero-order valence-corrected chi connectivity index (χ0v) is 16.0. The number of fused-ring (bicyclic) bond motifs is 3. The molecule has 25 heavy (non-hydrogen) atoms. The molecule has 0 aromatic heterocycles. The van der Waals surface area contributed by atoms with Gasteiger partial charge in [0.25, 0.3) is 0 Å². The van der Waals surface area contributed by atoms with E-state index in [0.29, 0.717) is 28.0 Å². The van der Waals surface area contributed by atoms with Crippen LogP contribution in [0.15, 0.2) is 5.57 Å². The summed E-state index contributed by atoms with van der Waals surface area (Å²) < 4.78 is 5.47. The summed E-state index contributed by atoms with van der Waals surface area (Å²) in [5.41, 5.74) is 2.66. The van der Waals surface area contributed by atoms with Crippen LogP contribution >= 0.6 is 0 Å². The predicted octanol–water partition coefficient (Wildman–Crippen LogP) is 4.66. The molecule has 136 valence electrons. The highest BCUT2D eigenvalue weighted by Crippen LogP contribution is 2.65. The van der Waals surface area contributed by atoms with E-state index in [1.807, 2.05) is 13.8 Å². The van der Waals surface area contributed by atoms with Crippen LogP contribution in [0.4, 0.5) is 0 Å². The van der Waals surface area contributed by atoms with Crippen molar-refractivity contribution in [2.45, 2.75) is 65.2 Å². The molecule has 0 bridgehead atoms. The van der Waals surface area contributed by atoms with Crippen LogP contribution in [0.2, 0.25) is 0 Å². The predicted molar refractivity (Wildman–Crippen MR) is 98.4 cm³/mol. The highest BCUT2D eigenvalue weighted by atomic mass is 16.5. The van der Waals surface area contributed by atoms with Crippen molar-refractivity contribution < 1.29 is 19.7 Å². The van der Waals surface area contributed by atoms with Gasteiger partial charge in [0.1, 0.15) is 5.75 Å². The summed E-state index contributed by atoms with van der Waals surface area (Å²) in [5.74, 6) is 0.407. The number of allylic oxidation sites excluding steroid dienone is 2. The molecule has 2 aliphatic rings. The third kappa shape index (κ3) is 2.16. The van der Waals surface area contributed by atoms with E-state index in [-0.39, 0.29) is 22.8 Å². The molecule has 4 heteroatoms. The van der Waals surface area contributed by atoms with E-state index in [2.05, 4.69) is 20.8 Å². The maximum absolute atomic E-state index is 12.1. The Morgan fingerprint density at radius 3 is 2.28 bits per heavy atom. The lowest BCUT2D eigenvalue weighted by Crippen LogP contribution is -2.36. The molecule has 1 unspecified atom stereocenters. The molecule has 0 amide bonds. The van der Waals surface area contributed by atoms with Crippen molar-refractivity contribution >= 4 is 11.9 Å². The zero-order valence-electron chi connectivity index (χ0n) is 16.0. The van der Waals surface area contributed by atoms with Crippen molar-refractivity contribution in [3.8, 4) is 17.2 Å². The Morgan fingerprint density at radius 2 is 1.76 bits per heavy atom. The maximum Gasteiger partial charge on any atom is 0.167 e. The van der Waals surface area contributed by atoms with Gasteiger partial charge < -0.3 is 14.9 Å². The van der Waals surface area contributed by atoms with Crippen LogP contribution in [-0.4, -0.2) is 23.6 Å². The van der Waals surface area contributed by atoms with Gasteiger partial charge in [-0.25, -0.2) is 0 Å². The average Bonchev–Trinajstić information content (AvgIpc) is 2.80. The van der Waals surface area contributed by atoms with Gasteiger partial charge in [-0.05, 0) is 29.7 Å². The average molecular weight is 344 g/mol. The second-order valence-electron chi connectivity index (χ2n) is 8.52. The Kier molecular flexibility index (Phi) is 3.94. The number of ether oxygens (including phenoxy) is 1. The van der Waals surface area contributed by atoms with E-state index < -0.39 is 5.41 Å². The Bertz CT molecular complexity index is 786. The molecule has 4 nitrogen and oxygen atoms in total. The topological polar surface area (TPSA) is 66.8 Å². The molecule has 0 aliphatic heterocycles. The minimum absolute atomic E-state index is 0.0486. The van der Waals surface area contributed by atoms with Gasteiger partial charge in [-0.3, -0.25) is 4.79 Å². The largest absolute Gasteiger partial charge is 0.507 e. The highest BCUT2D eigenvalue weighted by molar-refractivity contribution is 6.14. The van der Waals surface area contributed by atoms with Crippen molar-refractivity contribution in [2.75, 3.05) is 7.11 Å². The first kappa shape index (κ1) is 17.8. The molecule has 1 aromatic carbocycles. The van der Waals surface area contributed by atoms with Crippen LogP contribution in [0, 0.1) is 5.41 Å². The number of carbonyl (C=O) groups excluding carboxylic acids is 1. The Hall–Kier alpha value is -1.97. The van der Waals surface area contributed by atoms with Crippen LogP contribution in [-0.2, 0) is 10.2 Å². The molecule has 2 aliphatic carbocycles. The minimum atomic E-state index is -0.461. The molecule has 0 saturated heterocycles. The fourth-order valence-corrected chi connectivity index (χ4v) is 5.30. The summed E-state index contributed by atoms with van der Waals surface area (Å²) in [5, 5.41) is 22.1. The van der Waals surface area contributed by atoms with Crippen molar-refractivity contribution in [1.29, 1.82) is 0 Å². The first-order chi connectivity index (χ1) is 11.6. The van der Waals surface area contributed by atoms with Gasteiger partial charge in [0.2, 0.25) is 0 Å². The van der Waals surface area contributed by atoms with Gasteiger partial charge in [-0.15, -0.1) is 0 Å². The number of phenolic OH excluding ortho intramolecular Hbond substituents is 2. The third-order valence-corrected chi connectivity index (χ3v) is 6.14. The van der Waals surface area contributed by atoms with Crippen LogP contribution in [0.3, 0.4) is 0 Å². The molecule has 0 radical (unpaired) electrons. The Balaban J connectivity index is 2.49. The van der Waals surface area contributed by atoms with Crippen molar-refractivity contribution in [3.05, 3.63) is 22.3 Å². The molecule has 2 N–H and O–H groups in total. The van der Waals surface area contributed by atoms with Crippen molar-refractivity contribution in [3.63, 3.8) is 0 Å². The number of hydrogen-bond donors (Lipinski definition) is 2. The summed E-state index contributed by atoms with van der Waals surface area (Å²) >= 11 is 0. The summed E-state index contributed by atoms with van der Waals surface area (Å²) in [4.78, 5) is 12.1. The minimum Gasteiger partial charge on any atom is -0.507 e. The normalized spacial score (nSPS) is 24.3. The molecule has 3 rings (SSSR count). The Labute approximate surface area is 149 Å². The third-order valence-electron chi connectivity index (χ3n) is 6.14. The fraction of sp³-hybridized carbons (Fsp3) is 0.571. The molecule has 0 heterocycles. The maximum atomic E-state index is 12.1. The second-order valence-corrected chi connectivity index (χ2v) is 8.52. The van der Waals surface area contributed by atoms with Gasteiger partial charge >= 0.3 is 0 Å². The fourth-order valence-electron chi connectivity index (χ4n) is 5.30. The van der Waals surface area contributed by atoms with Gasteiger partial charge in [0.15, 0.2) is 17.8 Å². The number of carbonyl (C=O) groups is 1. The molecule has 1 aromatic rings. The molecular weight excluding hydrogens is 316 g/mol. The van der Waals surface area contributed by atoms with E-state index in [1.165, 1.54) is 7.11 Å². The second kappa shape index (κ2) is 5.52. The molecular formula is C21H28O4. The highest BCUT2D eigenvalue weighted by Gasteiger charge is 2.53. The molecule has 0 spiro atoms. The first-order valence-corrected chi connectivity index (χ1v) is 8.98. The SMILES string of the molecule is COc1c(O)c2c(c(O)c1C(C)C)C(C=O)=C1C(C)(C)CCCC12C. The lowest BCUT2D eigenvalue weighted by molar-refractivity contribution is -0.103. The summed E-state index contributed by atoms with van der Waals surface area (Å²) in [7, 11) is 1.50. The lowest BCUT2D eigenvalue weighted by atomic mass is 9.59. The number of rotatable bonds is 3. The van der Waals surface area contributed by atoms with Gasteiger partial charge in [0, 0.05) is 27.7 Å². The summed E-state index contributed by atoms with van der Waals surface area (Å²) in [6.07, 6.45) is 3.68. The number of aldehydes is 1. The zero-order chi connectivity index (χ0) is 18.7. The number of aromatic hydroxyl groups is 2. The summed E-state index contributed by atoms with van der Waals surface area (Å²) in [6.45, 7) is 10.2. The lowest BCUT2D eigenvalue weighted by Gasteiger charge is -2.44. The first-order valence-electron chi connectivity index (χ1n) is 8.98. The van der Waals surface area contributed by atoms with Crippen LogP contribution in [0.1, 0.15) is 76.5 Å². The van der Waals surface area contributed by atoms with Gasteiger partial charge in [0.05, 0.1) is 7.11 Å². The van der Waals surface area contributed by atoms with Crippen molar-refractivity contribution in [2.24, 2.45) is 5.41 Å². The van der Waals surface area contributed by atoms with E-state index >= 15 is 0 Å². The monoisotopic (exact) mass is 344 g/mol. The smallest absolute Gasteiger partial charge is 0.167 e. The van der Waals surface area contributed by atoms with Gasteiger partial charge in [-0.2, -0.15) is 0 Å².